The molecule has 0 aliphatic heterocycles. The number of rotatable bonds is 5. The molecule has 6 heteroatoms. The van der Waals surface area contributed by atoms with Crippen molar-refractivity contribution < 1.29 is 27.1 Å². The molecule has 0 saturated carbocycles. The Morgan fingerprint density at radius 1 is 1.29 bits per heavy atom. The molecule has 0 atom stereocenters. The highest BCUT2D eigenvalue weighted by atomic mass is 19.4. The molecule has 0 aromatic heterocycles. The van der Waals surface area contributed by atoms with E-state index in [0.29, 0.717) is 0 Å². The smallest absolute Gasteiger partial charge is 0.372 e. The van der Waals surface area contributed by atoms with Crippen molar-refractivity contribution >= 4 is 5.78 Å². The van der Waals surface area contributed by atoms with Crippen LogP contribution >= 0.6 is 0 Å². The molecule has 0 saturated heterocycles. The lowest BCUT2D eigenvalue weighted by molar-refractivity contribution is -0.173. The van der Waals surface area contributed by atoms with Crippen LogP contribution in [0.1, 0.15) is 16.8 Å². The van der Waals surface area contributed by atoms with Crippen molar-refractivity contribution in [2.24, 2.45) is 0 Å². The summed E-state index contributed by atoms with van der Waals surface area (Å²) in [6, 6.07) is 4.97. The summed E-state index contributed by atoms with van der Waals surface area (Å²) < 4.78 is 52.1. The number of hydrogen-bond acceptors (Lipinski definition) is 2. The van der Waals surface area contributed by atoms with Crippen molar-refractivity contribution in [2.75, 3.05) is 13.2 Å². The number of ketones is 1. The molecular weight excluding hydrogens is 240 g/mol. The molecule has 1 rings (SSSR count). The maximum atomic E-state index is 12.7. The molecule has 0 amide bonds. The van der Waals surface area contributed by atoms with Crippen LogP contribution in [0.3, 0.4) is 0 Å². The van der Waals surface area contributed by atoms with Gasteiger partial charge >= 0.3 is 6.18 Å². The van der Waals surface area contributed by atoms with Crippen LogP contribution < -0.4 is 0 Å². The molecule has 0 aliphatic carbocycles. The molecular formula is C11H10F4O2. The first-order chi connectivity index (χ1) is 7.88. The Kier molecular flexibility index (Phi) is 4.62. The Labute approximate surface area is 95.2 Å². The summed E-state index contributed by atoms with van der Waals surface area (Å²) in [6.45, 7) is -1.72. The summed E-state index contributed by atoms with van der Waals surface area (Å²) in [6.07, 6.45) is -4.61. The molecule has 0 heterocycles. The highest BCUT2D eigenvalue weighted by molar-refractivity contribution is 5.96. The fourth-order valence-corrected chi connectivity index (χ4v) is 1.16. The van der Waals surface area contributed by atoms with E-state index in [1.165, 1.54) is 18.2 Å². The Bertz CT molecular complexity index is 387. The second-order valence-electron chi connectivity index (χ2n) is 3.35. The van der Waals surface area contributed by atoms with Crippen molar-refractivity contribution in [2.45, 2.75) is 12.6 Å². The largest absolute Gasteiger partial charge is 0.411 e. The lowest BCUT2D eigenvalue weighted by atomic mass is 10.1. The van der Waals surface area contributed by atoms with Crippen LogP contribution in [-0.4, -0.2) is 25.2 Å². The van der Waals surface area contributed by atoms with Crippen LogP contribution in [0, 0.1) is 5.82 Å². The third kappa shape index (κ3) is 5.44. The first kappa shape index (κ1) is 13.6. The first-order valence-corrected chi connectivity index (χ1v) is 4.82. The molecule has 0 radical (unpaired) electrons. The number of halogens is 4. The summed E-state index contributed by atoms with van der Waals surface area (Å²) >= 11 is 0. The van der Waals surface area contributed by atoms with Gasteiger partial charge in [-0.1, -0.05) is 12.1 Å². The summed E-state index contributed by atoms with van der Waals surface area (Å²) in [4.78, 5) is 11.4. The highest BCUT2D eigenvalue weighted by Crippen LogP contribution is 2.14. The molecule has 0 bridgehead atoms. The van der Waals surface area contributed by atoms with E-state index in [0.717, 1.165) is 6.07 Å². The fourth-order valence-electron chi connectivity index (χ4n) is 1.16. The number of alkyl halides is 3. The monoisotopic (exact) mass is 250 g/mol. The number of hydrogen-bond donors (Lipinski definition) is 0. The Morgan fingerprint density at radius 3 is 2.59 bits per heavy atom. The molecule has 94 valence electrons. The standard InChI is InChI=1S/C11H10F4O2/c12-9-3-1-2-8(6-9)10(16)4-5-17-7-11(13,14)15/h1-3,6H,4-5,7H2. The Balaban J connectivity index is 2.36. The van der Waals surface area contributed by atoms with Gasteiger partial charge in [-0.3, -0.25) is 4.79 Å². The second kappa shape index (κ2) is 5.77. The van der Waals surface area contributed by atoms with Gasteiger partial charge in [0.1, 0.15) is 12.4 Å². The summed E-state index contributed by atoms with van der Waals surface area (Å²) in [7, 11) is 0. The average Bonchev–Trinajstić information content (AvgIpc) is 2.23. The molecule has 1 aromatic carbocycles. The number of ether oxygens (including phenoxy) is 1. The van der Waals surface area contributed by atoms with Gasteiger partial charge in [-0.05, 0) is 12.1 Å². The van der Waals surface area contributed by atoms with E-state index in [1.807, 2.05) is 0 Å². The lowest BCUT2D eigenvalue weighted by Gasteiger charge is -2.07. The van der Waals surface area contributed by atoms with Crippen molar-refractivity contribution in [3.63, 3.8) is 0 Å². The third-order valence-electron chi connectivity index (χ3n) is 1.89. The fraction of sp³-hybridized carbons (Fsp3) is 0.364. The van der Waals surface area contributed by atoms with Crippen molar-refractivity contribution in [1.82, 2.24) is 0 Å². The normalized spacial score (nSPS) is 11.5. The number of carbonyl (C=O) groups is 1. The minimum absolute atomic E-state index is 0.126. The van der Waals surface area contributed by atoms with E-state index in [2.05, 4.69) is 4.74 Å². The van der Waals surface area contributed by atoms with Crippen LogP contribution in [-0.2, 0) is 4.74 Å². The highest BCUT2D eigenvalue weighted by Gasteiger charge is 2.27. The van der Waals surface area contributed by atoms with Crippen molar-refractivity contribution in [3.05, 3.63) is 35.6 Å². The topological polar surface area (TPSA) is 26.3 Å². The lowest BCUT2D eigenvalue weighted by Crippen LogP contribution is -2.18. The van der Waals surface area contributed by atoms with E-state index in [-0.39, 0.29) is 18.6 Å². The van der Waals surface area contributed by atoms with Gasteiger partial charge in [-0.2, -0.15) is 13.2 Å². The van der Waals surface area contributed by atoms with Crippen molar-refractivity contribution in [1.29, 1.82) is 0 Å². The van der Waals surface area contributed by atoms with Gasteiger partial charge in [0.25, 0.3) is 0 Å². The zero-order valence-electron chi connectivity index (χ0n) is 8.76. The van der Waals surface area contributed by atoms with E-state index < -0.39 is 24.4 Å². The van der Waals surface area contributed by atoms with E-state index in [4.69, 9.17) is 0 Å². The molecule has 0 N–H and O–H groups in total. The third-order valence-corrected chi connectivity index (χ3v) is 1.89. The molecule has 1 aromatic rings. The molecule has 0 spiro atoms. The van der Waals surface area contributed by atoms with Gasteiger partial charge in [-0.25, -0.2) is 4.39 Å². The van der Waals surface area contributed by atoms with Gasteiger partial charge in [-0.15, -0.1) is 0 Å². The van der Waals surface area contributed by atoms with Gasteiger partial charge in [0.05, 0.1) is 6.61 Å². The van der Waals surface area contributed by atoms with Crippen LogP contribution in [0.2, 0.25) is 0 Å². The summed E-state index contributed by atoms with van der Waals surface area (Å²) in [5.74, 6) is -1.02. The molecule has 17 heavy (non-hydrogen) atoms. The predicted octanol–water partition coefficient (Wildman–Crippen LogP) is 2.98. The Hall–Kier alpha value is -1.43. The van der Waals surface area contributed by atoms with Gasteiger partial charge in [0, 0.05) is 12.0 Å². The van der Waals surface area contributed by atoms with Crippen LogP contribution in [0.5, 0.6) is 0 Å². The van der Waals surface area contributed by atoms with Crippen LogP contribution in [0.25, 0.3) is 0 Å². The van der Waals surface area contributed by atoms with Gasteiger partial charge in [0.15, 0.2) is 5.78 Å². The molecule has 2 nitrogen and oxygen atoms in total. The molecule has 0 aliphatic rings. The zero-order valence-corrected chi connectivity index (χ0v) is 8.76. The number of Topliss-reactive ketones (excluding diaryl/α,β-unsaturated/α-hetero) is 1. The second-order valence-corrected chi connectivity index (χ2v) is 3.35. The van der Waals surface area contributed by atoms with Crippen LogP contribution in [0.15, 0.2) is 24.3 Å². The Morgan fingerprint density at radius 2 is 2.00 bits per heavy atom. The average molecular weight is 250 g/mol. The number of carbonyl (C=O) groups excluding carboxylic acids is 1. The molecule has 0 unspecified atom stereocenters. The maximum absolute atomic E-state index is 12.7. The van der Waals surface area contributed by atoms with E-state index in [9.17, 15) is 22.4 Å². The van der Waals surface area contributed by atoms with Gasteiger partial charge in [0.2, 0.25) is 0 Å². The SMILES string of the molecule is O=C(CCOCC(F)(F)F)c1cccc(F)c1. The maximum Gasteiger partial charge on any atom is 0.411 e. The first-order valence-electron chi connectivity index (χ1n) is 4.82. The van der Waals surface area contributed by atoms with Gasteiger partial charge < -0.3 is 4.74 Å². The van der Waals surface area contributed by atoms with E-state index >= 15 is 0 Å². The minimum atomic E-state index is -4.40. The summed E-state index contributed by atoms with van der Waals surface area (Å²) in [5, 5.41) is 0. The zero-order chi connectivity index (χ0) is 12.9. The minimum Gasteiger partial charge on any atom is -0.372 e. The quantitative estimate of drug-likeness (QED) is 0.456. The predicted molar refractivity (Wildman–Crippen MR) is 52.2 cm³/mol. The number of benzene rings is 1. The van der Waals surface area contributed by atoms with Crippen molar-refractivity contribution in [3.8, 4) is 0 Å². The van der Waals surface area contributed by atoms with E-state index in [1.54, 1.807) is 0 Å². The van der Waals surface area contributed by atoms with Crippen LogP contribution in [0.4, 0.5) is 17.6 Å². The molecule has 0 fully saturated rings. The summed E-state index contributed by atoms with van der Waals surface area (Å²) in [5.41, 5.74) is 0.126.